The lowest BCUT2D eigenvalue weighted by Gasteiger charge is -2.25. The minimum absolute atomic E-state index is 0.261. The number of rotatable bonds is 7. The molecule has 2 aromatic rings. The molecule has 3 rings (SSSR count). The van der Waals surface area contributed by atoms with E-state index in [4.69, 9.17) is 9.47 Å². The van der Waals surface area contributed by atoms with E-state index in [9.17, 15) is 13.2 Å². The summed E-state index contributed by atoms with van der Waals surface area (Å²) in [4.78, 5) is 12.9. The van der Waals surface area contributed by atoms with Crippen LogP contribution in [0.15, 0.2) is 40.6 Å². The van der Waals surface area contributed by atoms with Crippen LogP contribution in [0.5, 0.6) is 5.75 Å². The van der Waals surface area contributed by atoms with Gasteiger partial charge in [-0.25, -0.2) is 8.42 Å². The molecule has 0 spiro atoms. The summed E-state index contributed by atoms with van der Waals surface area (Å²) in [7, 11) is -1.92. The fraction of sp³-hybridized carbons (Fsp3) is 0.350. The van der Waals surface area contributed by atoms with Crippen molar-refractivity contribution in [3.63, 3.8) is 0 Å². The van der Waals surface area contributed by atoms with E-state index in [2.05, 4.69) is 5.32 Å². The molecule has 0 radical (unpaired) electrons. The maximum Gasteiger partial charge on any atom is 0.252 e. The number of benzene rings is 1. The van der Waals surface area contributed by atoms with Gasteiger partial charge in [0.05, 0.1) is 26.9 Å². The summed E-state index contributed by atoms with van der Waals surface area (Å²) >= 11 is 1.17. The molecule has 1 aliphatic heterocycles. The predicted molar refractivity (Wildman–Crippen MR) is 113 cm³/mol. The molecule has 1 amide bonds. The van der Waals surface area contributed by atoms with Crippen LogP contribution in [0.2, 0.25) is 0 Å². The highest BCUT2D eigenvalue weighted by molar-refractivity contribution is 7.91. The Bertz CT molecular complexity index is 992. The Morgan fingerprint density at radius 2 is 2.03 bits per heavy atom. The van der Waals surface area contributed by atoms with Crippen LogP contribution in [0.1, 0.15) is 16.0 Å². The van der Waals surface area contributed by atoms with E-state index in [0.29, 0.717) is 32.1 Å². The number of nitrogens with one attached hydrogen (secondary N) is 1. The molecule has 1 N–H and O–H groups in total. The standard InChI is InChI=1S/C20H24N2O5S2/c1-15-3-6-18(26-2)16(13-15)4-7-19(23)21-14-17-5-8-20(28-17)29(24,25)22-9-11-27-12-10-22/h3-8,13H,9-12,14H2,1-2H3,(H,21,23)/b7-4+. The van der Waals surface area contributed by atoms with Gasteiger partial charge >= 0.3 is 0 Å². The van der Waals surface area contributed by atoms with Crippen LogP contribution in [0.25, 0.3) is 6.08 Å². The van der Waals surface area contributed by atoms with Gasteiger partial charge in [-0.3, -0.25) is 4.79 Å². The van der Waals surface area contributed by atoms with Crippen LogP contribution in [-0.2, 0) is 26.1 Å². The van der Waals surface area contributed by atoms with Gasteiger partial charge in [-0.05, 0) is 37.3 Å². The number of methoxy groups -OCH3 is 1. The Morgan fingerprint density at radius 3 is 2.76 bits per heavy atom. The second kappa shape index (κ2) is 9.53. The molecule has 156 valence electrons. The van der Waals surface area contributed by atoms with Crippen LogP contribution in [0, 0.1) is 6.92 Å². The average molecular weight is 437 g/mol. The van der Waals surface area contributed by atoms with Gasteiger partial charge in [-0.15, -0.1) is 11.3 Å². The molecule has 7 nitrogen and oxygen atoms in total. The lowest BCUT2D eigenvalue weighted by atomic mass is 10.1. The molecule has 0 aliphatic carbocycles. The Hall–Kier alpha value is -2.20. The molecule has 0 atom stereocenters. The second-order valence-electron chi connectivity index (χ2n) is 6.53. The molecule has 29 heavy (non-hydrogen) atoms. The monoisotopic (exact) mass is 436 g/mol. The first-order valence-electron chi connectivity index (χ1n) is 9.17. The summed E-state index contributed by atoms with van der Waals surface area (Å²) in [6.45, 7) is 3.77. The van der Waals surface area contributed by atoms with Crippen molar-refractivity contribution in [3.05, 3.63) is 52.4 Å². The van der Waals surface area contributed by atoms with E-state index >= 15 is 0 Å². The number of morpholine rings is 1. The van der Waals surface area contributed by atoms with Crippen molar-refractivity contribution >= 4 is 33.3 Å². The number of carbonyl (C=O) groups excluding carboxylic acids is 1. The van der Waals surface area contributed by atoms with Crippen LogP contribution < -0.4 is 10.1 Å². The van der Waals surface area contributed by atoms with Gasteiger partial charge in [0.2, 0.25) is 5.91 Å². The molecule has 9 heteroatoms. The quantitative estimate of drug-likeness (QED) is 0.674. The highest BCUT2D eigenvalue weighted by atomic mass is 32.2. The average Bonchev–Trinajstić information content (AvgIpc) is 3.21. The zero-order valence-corrected chi connectivity index (χ0v) is 18.0. The van der Waals surface area contributed by atoms with Crippen molar-refractivity contribution in [2.45, 2.75) is 17.7 Å². The van der Waals surface area contributed by atoms with Crippen molar-refractivity contribution < 1.29 is 22.7 Å². The maximum atomic E-state index is 12.7. The summed E-state index contributed by atoms with van der Waals surface area (Å²) in [6.07, 6.45) is 3.14. The minimum Gasteiger partial charge on any atom is -0.496 e. The van der Waals surface area contributed by atoms with Gasteiger partial charge < -0.3 is 14.8 Å². The third-order valence-electron chi connectivity index (χ3n) is 4.44. The molecule has 1 saturated heterocycles. The van der Waals surface area contributed by atoms with E-state index in [1.165, 1.54) is 21.7 Å². The van der Waals surface area contributed by atoms with E-state index in [1.807, 2.05) is 25.1 Å². The number of amides is 1. The smallest absolute Gasteiger partial charge is 0.252 e. The largest absolute Gasteiger partial charge is 0.496 e. The summed E-state index contributed by atoms with van der Waals surface area (Å²) < 4.78 is 37.5. The van der Waals surface area contributed by atoms with Gasteiger partial charge in [0.15, 0.2) is 0 Å². The third-order valence-corrected chi connectivity index (χ3v) is 7.89. The molecular formula is C20H24N2O5S2. The molecule has 1 fully saturated rings. The molecule has 0 saturated carbocycles. The Kier molecular flexibility index (Phi) is 7.07. The van der Waals surface area contributed by atoms with Crippen LogP contribution >= 0.6 is 11.3 Å². The van der Waals surface area contributed by atoms with Gasteiger partial charge in [0.1, 0.15) is 9.96 Å². The first-order chi connectivity index (χ1) is 13.9. The van der Waals surface area contributed by atoms with E-state index in [0.717, 1.165) is 16.0 Å². The Balaban J connectivity index is 1.59. The summed E-state index contributed by atoms with van der Waals surface area (Å²) in [5.41, 5.74) is 1.89. The van der Waals surface area contributed by atoms with Crippen molar-refractivity contribution in [2.75, 3.05) is 33.4 Å². The summed E-state index contributed by atoms with van der Waals surface area (Å²) in [5.74, 6) is 0.426. The molecule has 2 heterocycles. The summed E-state index contributed by atoms with van der Waals surface area (Å²) in [5, 5.41) is 2.78. The van der Waals surface area contributed by atoms with Crippen molar-refractivity contribution in [3.8, 4) is 5.75 Å². The number of ether oxygens (including phenoxy) is 2. The van der Waals surface area contributed by atoms with Crippen LogP contribution in [0.4, 0.5) is 0 Å². The Labute approximate surface area is 175 Å². The van der Waals surface area contributed by atoms with Crippen LogP contribution in [0.3, 0.4) is 0 Å². The molecule has 0 bridgehead atoms. The molecule has 1 aromatic heterocycles. The number of aryl methyl sites for hydroxylation is 1. The highest BCUT2D eigenvalue weighted by Gasteiger charge is 2.27. The number of hydrogen-bond donors (Lipinski definition) is 1. The van der Waals surface area contributed by atoms with Gasteiger partial charge in [-0.2, -0.15) is 4.31 Å². The fourth-order valence-corrected chi connectivity index (χ4v) is 5.75. The SMILES string of the molecule is COc1ccc(C)cc1/C=C/C(=O)NCc1ccc(S(=O)(=O)N2CCOCC2)s1. The van der Waals surface area contributed by atoms with Crippen molar-refractivity contribution in [1.82, 2.24) is 9.62 Å². The topological polar surface area (TPSA) is 84.9 Å². The van der Waals surface area contributed by atoms with Gasteiger partial charge in [0.25, 0.3) is 10.0 Å². The lowest BCUT2D eigenvalue weighted by molar-refractivity contribution is -0.116. The fourth-order valence-electron chi connectivity index (χ4n) is 2.89. The van der Waals surface area contributed by atoms with Crippen LogP contribution in [-0.4, -0.2) is 52.0 Å². The van der Waals surface area contributed by atoms with Gasteiger partial charge in [-0.1, -0.05) is 11.6 Å². The number of carbonyl (C=O) groups is 1. The number of hydrogen-bond acceptors (Lipinski definition) is 6. The maximum absolute atomic E-state index is 12.7. The van der Waals surface area contributed by atoms with E-state index in [1.54, 1.807) is 25.3 Å². The minimum atomic E-state index is -3.51. The molecular weight excluding hydrogens is 412 g/mol. The zero-order valence-electron chi connectivity index (χ0n) is 16.4. The normalized spacial score (nSPS) is 15.5. The molecule has 1 aromatic carbocycles. The predicted octanol–water partition coefficient (Wildman–Crippen LogP) is 2.42. The summed E-state index contributed by atoms with van der Waals surface area (Å²) in [6, 6.07) is 9.05. The second-order valence-corrected chi connectivity index (χ2v) is 9.87. The van der Waals surface area contributed by atoms with Crippen molar-refractivity contribution in [1.29, 1.82) is 0 Å². The highest BCUT2D eigenvalue weighted by Crippen LogP contribution is 2.25. The molecule has 1 aliphatic rings. The number of thiophene rings is 1. The number of nitrogens with zero attached hydrogens (tertiary/aromatic N) is 1. The third kappa shape index (κ3) is 5.45. The van der Waals surface area contributed by atoms with E-state index < -0.39 is 10.0 Å². The Morgan fingerprint density at radius 1 is 1.28 bits per heavy atom. The first kappa shape index (κ1) is 21.5. The van der Waals surface area contributed by atoms with E-state index in [-0.39, 0.29) is 16.7 Å². The number of sulfonamides is 1. The van der Waals surface area contributed by atoms with Gasteiger partial charge in [0, 0.05) is 29.6 Å². The molecule has 0 unspecified atom stereocenters. The lowest BCUT2D eigenvalue weighted by Crippen LogP contribution is -2.40. The first-order valence-corrected chi connectivity index (χ1v) is 11.4. The zero-order chi connectivity index (χ0) is 20.9. The van der Waals surface area contributed by atoms with Crippen molar-refractivity contribution in [2.24, 2.45) is 0 Å².